The average Bonchev–Trinajstić information content (AvgIpc) is 3.65. The van der Waals surface area contributed by atoms with E-state index in [4.69, 9.17) is 4.74 Å². The molecule has 1 aliphatic carbocycles. The van der Waals surface area contributed by atoms with Crippen molar-refractivity contribution in [2.75, 3.05) is 31.6 Å². The quantitative estimate of drug-likeness (QED) is 0.484. The predicted octanol–water partition coefficient (Wildman–Crippen LogP) is 3.69. The first kappa shape index (κ1) is 25.4. The smallest absolute Gasteiger partial charge is 0.325 e. The summed E-state index contributed by atoms with van der Waals surface area (Å²) in [4.78, 5) is 41.6. The van der Waals surface area contributed by atoms with Crippen LogP contribution in [-0.4, -0.2) is 59.9 Å². The molecule has 2 amide bonds. The van der Waals surface area contributed by atoms with E-state index >= 15 is 0 Å². The number of rotatable bonds is 12. The third kappa shape index (κ3) is 7.70. The maximum Gasteiger partial charge on any atom is 0.325 e. The molecule has 0 unspecified atom stereocenters. The summed E-state index contributed by atoms with van der Waals surface area (Å²) in [6.45, 7) is 6.94. The Kier molecular flexibility index (Phi) is 9.22. The van der Waals surface area contributed by atoms with Gasteiger partial charge in [0, 0.05) is 31.2 Å². The second-order valence-corrected chi connectivity index (χ2v) is 8.81. The van der Waals surface area contributed by atoms with Crippen molar-refractivity contribution in [2.24, 2.45) is 0 Å². The molecule has 0 heterocycles. The highest BCUT2D eigenvalue weighted by molar-refractivity contribution is 5.93. The standard InChI is InChI=1S/C27H35N3O4/c1-4-34-26(33)19-30(17-22-11-6-5-7-12-22)25(32)15-16-29(23-13-14-23)18-24(31)28-27-20(2)9-8-10-21(27)3/h5-12,23H,4,13-19H2,1-3H3,(H,28,31). The molecular weight excluding hydrogens is 430 g/mol. The van der Waals surface area contributed by atoms with E-state index in [1.165, 1.54) is 4.90 Å². The molecule has 3 rings (SSSR count). The van der Waals surface area contributed by atoms with Gasteiger partial charge in [-0.05, 0) is 50.3 Å². The van der Waals surface area contributed by atoms with Gasteiger partial charge in [-0.15, -0.1) is 0 Å². The summed E-state index contributed by atoms with van der Waals surface area (Å²) in [5, 5.41) is 3.04. The van der Waals surface area contributed by atoms with Crippen molar-refractivity contribution < 1.29 is 19.1 Å². The van der Waals surface area contributed by atoms with Crippen LogP contribution in [0.3, 0.4) is 0 Å². The van der Waals surface area contributed by atoms with Crippen LogP contribution >= 0.6 is 0 Å². The first-order valence-corrected chi connectivity index (χ1v) is 11.9. The number of aryl methyl sites for hydroxylation is 2. The third-order valence-corrected chi connectivity index (χ3v) is 5.96. The molecule has 7 heteroatoms. The minimum atomic E-state index is -0.418. The number of nitrogens with zero attached hydrogens (tertiary/aromatic N) is 2. The van der Waals surface area contributed by atoms with Crippen LogP contribution in [0.1, 0.15) is 42.9 Å². The SMILES string of the molecule is CCOC(=O)CN(Cc1ccccc1)C(=O)CCN(CC(=O)Nc1c(C)cccc1C)C1CC1. The Morgan fingerprint density at radius 2 is 1.65 bits per heavy atom. The molecule has 1 saturated carbocycles. The van der Waals surface area contributed by atoms with Crippen LogP contribution in [0, 0.1) is 13.8 Å². The molecule has 7 nitrogen and oxygen atoms in total. The van der Waals surface area contributed by atoms with Crippen molar-refractivity contribution in [1.82, 2.24) is 9.80 Å². The maximum absolute atomic E-state index is 13.1. The molecule has 182 valence electrons. The largest absolute Gasteiger partial charge is 0.465 e. The lowest BCUT2D eigenvalue weighted by atomic mass is 10.1. The number of benzene rings is 2. The lowest BCUT2D eigenvalue weighted by Gasteiger charge is -2.25. The summed E-state index contributed by atoms with van der Waals surface area (Å²) in [7, 11) is 0. The van der Waals surface area contributed by atoms with E-state index in [0.29, 0.717) is 19.1 Å². The molecule has 0 atom stereocenters. The first-order valence-electron chi connectivity index (χ1n) is 11.9. The van der Waals surface area contributed by atoms with Crippen LogP contribution in [0.25, 0.3) is 0 Å². The summed E-state index contributed by atoms with van der Waals surface area (Å²) in [5.41, 5.74) is 3.85. The van der Waals surface area contributed by atoms with Crippen molar-refractivity contribution in [3.8, 4) is 0 Å². The van der Waals surface area contributed by atoms with Gasteiger partial charge >= 0.3 is 5.97 Å². The predicted molar refractivity (Wildman–Crippen MR) is 132 cm³/mol. The number of amides is 2. The highest BCUT2D eigenvalue weighted by atomic mass is 16.5. The van der Waals surface area contributed by atoms with Gasteiger partial charge in [0.2, 0.25) is 11.8 Å². The number of carbonyl (C=O) groups excluding carboxylic acids is 3. The molecule has 0 spiro atoms. The van der Waals surface area contributed by atoms with Gasteiger partial charge in [-0.2, -0.15) is 0 Å². The van der Waals surface area contributed by atoms with E-state index in [1.807, 2.05) is 62.4 Å². The number of para-hydroxylation sites is 1. The fourth-order valence-electron chi connectivity index (χ4n) is 4.00. The Bertz CT molecular complexity index is 968. The molecule has 1 aliphatic rings. The highest BCUT2D eigenvalue weighted by Gasteiger charge is 2.31. The van der Waals surface area contributed by atoms with Gasteiger partial charge in [-0.3, -0.25) is 19.3 Å². The lowest BCUT2D eigenvalue weighted by Crippen LogP contribution is -2.40. The molecule has 34 heavy (non-hydrogen) atoms. The Morgan fingerprint density at radius 3 is 2.26 bits per heavy atom. The number of esters is 1. The van der Waals surface area contributed by atoms with E-state index in [-0.39, 0.29) is 37.9 Å². The van der Waals surface area contributed by atoms with Crippen molar-refractivity contribution in [3.05, 3.63) is 65.2 Å². The summed E-state index contributed by atoms with van der Waals surface area (Å²) in [6.07, 6.45) is 2.29. The highest BCUT2D eigenvalue weighted by Crippen LogP contribution is 2.27. The minimum Gasteiger partial charge on any atom is -0.465 e. The summed E-state index contributed by atoms with van der Waals surface area (Å²) >= 11 is 0. The molecule has 0 aliphatic heterocycles. The molecule has 0 aromatic heterocycles. The number of nitrogens with one attached hydrogen (secondary N) is 1. The Morgan fingerprint density at radius 1 is 0.971 bits per heavy atom. The summed E-state index contributed by atoms with van der Waals surface area (Å²) in [6, 6.07) is 15.8. The van der Waals surface area contributed by atoms with Crippen molar-refractivity contribution in [1.29, 1.82) is 0 Å². The molecule has 2 aromatic rings. The van der Waals surface area contributed by atoms with Gasteiger partial charge in [0.1, 0.15) is 6.54 Å². The number of hydrogen-bond donors (Lipinski definition) is 1. The van der Waals surface area contributed by atoms with Crippen molar-refractivity contribution in [2.45, 2.75) is 52.6 Å². The van der Waals surface area contributed by atoms with E-state index in [2.05, 4.69) is 10.2 Å². The van der Waals surface area contributed by atoms with Crippen LogP contribution in [0.4, 0.5) is 5.69 Å². The van der Waals surface area contributed by atoms with Gasteiger partial charge in [0.15, 0.2) is 0 Å². The Labute approximate surface area is 202 Å². The van der Waals surface area contributed by atoms with E-state index in [1.54, 1.807) is 6.92 Å². The Hall–Kier alpha value is -3.19. The zero-order valence-corrected chi connectivity index (χ0v) is 20.4. The fraction of sp³-hybridized carbons (Fsp3) is 0.444. The van der Waals surface area contributed by atoms with E-state index < -0.39 is 5.97 Å². The van der Waals surface area contributed by atoms with Crippen molar-refractivity contribution in [3.63, 3.8) is 0 Å². The van der Waals surface area contributed by atoms with Crippen LogP contribution in [0.2, 0.25) is 0 Å². The summed E-state index contributed by atoms with van der Waals surface area (Å²) < 4.78 is 5.07. The molecule has 0 bridgehead atoms. The van der Waals surface area contributed by atoms with Crippen molar-refractivity contribution >= 4 is 23.5 Å². The minimum absolute atomic E-state index is 0.0792. The van der Waals surface area contributed by atoms with E-state index in [0.717, 1.165) is 35.2 Å². The van der Waals surface area contributed by atoms with Crippen LogP contribution < -0.4 is 5.32 Å². The zero-order chi connectivity index (χ0) is 24.5. The molecule has 1 N–H and O–H groups in total. The monoisotopic (exact) mass is 465 g/mol. The van der Waals surface area contributed by atoms with Crippen LogP contribution in [0.15, 0.2) is 48.5 Å². The number of carbonyl (C=O) groups is 3. The fourth-order valence-corrected chi connectivity index (χ4v) is 4.00. The van der Waals surface area contributed by atoms with Gasteiger partial charge < -0.3 is 15.0 Å². The number of anilines is 1. The second kappa shape index (κ2) is 12.3. The number of ether oxygens (including phenoxy) is 1. The lowest BCUT2D eigenvalue weighted by molar-refractivity contribution is -0.149. The van der Waals surface area contributed by atoms with E-state index in [9.17, 15) is 14.4 Å². The first-order chi connectivity index (χ1) is 16.4. The average molecular weight is 466 g/mol. The normalized spacial score (nSPS) is 12.9. The second-order valence-electron chi connectivity index (χ2n) is 8.81. The molecule has 2 aromatic carbocycles. The molecular formula is C27H35N3O4. The number of hydrogen-bond acceptors (Lipinski definition) is 5. The zero-order valence-electron chi connectivity index (χ0n) is 20.4. The molecule has 0 radical (unpaired) electrons. The van der Waals surface area contributed by atoms with Crippen LogP contribution in [-0.2, 0) is 25.7 Å². The van der Waals surface area contributed by atoms with Gasteiger partial charge in [0.05, 0.1) is 13.2 Å². The maximum atomic E-state index is 13.1. The third-order valence-electron chi connectivity index (χ3n) is 5.96. The summed E-state index contributed by atoms with van der Waals surface area (Å²) in [5.74, 6) is -0.624. The molecule has 1 fully saturated rings. The Balaban J connectivity index is 1.60. The molecule has 0 saturated heterocycles. The van der Waals surface area contributed by atoms with Gasteiger partial charge in [-0.1, -0.05) is 48.5 Å². The van der Waals surface area contributed by atoms with Crippen LogP contribution in [0.5, 0.6) is 0 Å². The van der Waals surface area contributed by atoms with Gasteiger partial charge in [-0.25, -0.2) is 0 Å². The topological polar surface area (TPSA) is 79.0 Å². The van der Waals surface area contributed by atoms with Gasteiger partial charge in [0.25, 0.3) is 0 Å².